The zero-order valence-electron chi connectivity index (χ0n) is 19.0. The summed E-state index contributed by atoms with van der Waals surface area (Å²) in [6.45, 7) is 4.84. The maximum absolute atomic E-state index is 9.36. The van der Waals surface area contributed by atoms with Gasteiger partial charge in [-0.15, -0.1) is 0 Å². The summed E-state index contributed by atoms with van der Waals surface area (Å²) in [5.41, 5.74) is 3.38. The van der Waals surface area contributed by atoms with Crippen molar-refractivity contribution in [2.45, 2.75) is 19.4 Å². The molecule has 3 heterocycles. The van der Waals surface area contributed by atoms with E-state index < -0.39 is 0 Å². The van der Waals surface area contributed by atoms with Crippen LogP contribution in [0.25, 0.3) is 11.3 Å². The standard InChI is InChI=1S/C24H28N8O/c1-30-9-11-31(12-10-30)20-5-3-19(4-6-20)28-23-26-14-21(33-2)22(29-23)18-13-27-32(15-18)17-24(16-25)7-8-24/h3-6,13-15H,7-12,17H2,1-2H3,(H,26,28,29). The summed E-state index contributed by atoms with van der Waals surface area (Å²) in [7, 11) is 3.76. The molecule has 2 fully saturated rings. The van der Waals surface area contributed by atoms with Gasteiger partial charge in [-0.2, -0.15) is 10.4 Å². The van der Waals surface area contributed by atoms with E-state index in [-0.39, 0.29) is 5.41 Å². The van der Waals surface area contributed by atoms with Crippen molar-refractivity contribution >= 4 is 17.3 Å². The maximum atomic E-state index is 9.36. The highest BCUT2D eigenvalue weighted by Gasteiger charge is 2.43. The minimum absolute atomic E-state index is 0.262. The number of rotatable bonds is 7. The summed E-state index contributed by atoms with van der Waals surface area (Å²) < 4.78 is 7.30. The highest BCUT2D eigenvalue weighted by molar-refractivity contribution is 5.67. The van der Waals surface area contributed by atoms with Crippen LogP contribution in [0.5, 0.6) is 5.75 Å². The van der Waals surface area contributed by atoms with Crippen molar-refractivity contribution in [3.63, 3.8) is 0 Å². The molecule has 9 nitrogen and oxygen atoms in total. The van der Waals surface area contributed by atoms with Gasteiger partial charge in [-0.3, -0.25) is 4.68 Å². The number of nitrogens with one attached hydrogen (secondary N) is 1. The number of benzene rings is 1. The van der Waals surface area contributed by atoms with Crippen LogP contribution in [-0.4, -0.2) is 65.0 Å². The van der Waals surface area contributed by atoms with Crippen molar-refractivity contribution in [1.29, 1.82) is 5.26 Å². The molecule has 1 N–H and O–H groups in total. The molecule has 3 aromatic rings. The van der Waals surface area contributed by atoms with E-state index in [2.05, 4.69) is 62.6 Å². The monoisotopic (exact) mass is 444 g/mol. The molecule has 0 atom stereocenters. The van der Waals surface area contributed by atoms with Crippen molar-refractivity contribution in [1.82, 2.24) is 24.6 Å². The third-order valence-electron chi connectivity index (χ3n) is 6.43. The minimum Gasteiger partial charge on any atom is -0.493 e. The van der Waals surface area contributed by atoms with Crippen molar-refractivity contribution in [2.24, 2.45) is 5.41 Å². The van der Waals surface area contributed by atoms with Crippen LogP contribution in [0.3, 0.4) is 0 Å². The molecular weight excluding hydrogens is 416 g/mol. The molecule has 9 heteroatoms. The van der Waals surface area contributed by atoms with Gasteiger partial charge in [0.25, 0.3) is 0 Å². The zero-order valence-corrected chi connectivity index (χ0v) is 19.0. The molecule has 0 spiro atoms. The Kier molecular flexibility index (Phi) is 5.60. The average Bonchev–Trinajstić information content (AvgIpc) is 3.47. The fraction of sp³-hybridized carbons (Fsp3) is 0.417. The number of piperazine rings is 1. The highest BCUT2D eigenvalue weighted by Crippen LogP contribution is 2.46. The summed E-state index contributed by atoms with van der Waals surface area (Å²) in [6.07, 6.45) is 7.19. The first-order valence-electron chi connectivity index (χ1n) is 11.2. The molecule has 0 radical (unpaired) electrons. The molecule has 2 aliphatic rings. The van der Waals surface area contributed by atoms with E-state index in [1.807, 2.05) is 10.9 Å². The fourth-order valence-corrected chi connectivity index (χ4v) is 4.08. The molecule has 0 bridgehead atoms. The lowest BCUT2D eigenvalue weighted by atomic mass is 10.1. The maximum Gasteiger partial charge on any atom is 0.227 e. The summed E-state index contributed by atoms with van der Waals surface area (Å²) >= 11 is 0. The molecule has 170 valence electrons. The van der Waals surface area contributed by atoms with Crippen LogP contribution < -0.4 is 15.0 Å². The topological polar surface area (TPSA) is 95.1 Å². The third-order valence-corrected chi connectivity index (χ3v) is 6.43. The molecule has 33 heavy (non-hydrogen) atoms. The number of nitrogens with zero attached hydrogens (tertiary/aromatic N) is 7. The number of nitriles is 1. The Morgan fingerprint density at radius 1 is 1.12 bits per heavy atom. The molecule has 0 unspecified atom stereocenters. The molecule has 5 rings (SSSR count). The van der Waals surface area contributed by atoms with E-state index >= 15 is 0 Å². The van der Waals surface area contributed by atoms with Crippen LogP contribution in [0.2, 0.25) is 0 Å². The van der Waals surface area contributed by atoms with Gasteiger partial charge in [-0.25, -0.2) is 9.97 Å². The van der Waals surface area contributed by atoms with Crippen LogP contribution >= 0.6 is 0 Å². The van der Waals surface area contributed by atoms with Gasteiger partial charge in [0.2, 0.25) is 5.95 Å². The Hall–Kier alpha value is -3.64. The fourth-order valence-electron chi connectivity index (χ4n) is 4.08. The van der Waals surface area contributed by atoms with Crippen molar-refractivity contribution in [3.05, 3.63) is 42.9 Å². The zero-order chi connectivity index (χ0) is 22.8. The van der Waals surface area contributed by atoms with Gasteiger partial charge in [-0.1, -0.05) is 0 Å². The molecule has 1 saturated carbocycles. The molecule has 1 aromatic carbocycles. The second-order valence-electron chi connectivity index (χ2n) is 8.89. The number of ether oxygens (including phenoxy) is 1. The van der Waals surface area contributed by atoms with Gasteiger partial charge < -0.3 is 19.9 Å². The van der Waals surface area contributed by atoms with E-state index in [0.717, 1.165) is 50.3 Å². The van der Waals surface area contributed by atoms with Crippen molar-refractivity contribution in [3.8, 4) is 23.1 Å². The van der Waals surface area contributed by atoms with Crippen LogP contribution in [-0.2, 0) is 6.54 Å². The van der Waals surface area contributed by atoms with Gasteiger partial charge in [0, 0.05) is 49.3 Å². The van der Waals surface area contributed by atoms with Gasteiger partial charge in [0.1, 0.15) is 5.69 Å². The predicted molar refractivity (Wildman–Crippen MR) is 127 cm³/mol. The first-order chi connectivity index (χ1) is 16.1. The Morgan fingerprint density at radius 2 is 1.88 bits per heavy atom. The lowest BCUT2D eigenvalue weighted by molar-refractivity contribution is 0.313. The number of aromatic nitrogens is 4. The van der Waals surface area contributed by atoms with Crippen LogP contribution in [0.1, 0.15) is 12.8 Å². The Bertz CT molecular complexity index is 1150. The normalized spacial score (nSPS) is 17.4. The summed E-state index contributed by atoms with van der Waals surface area (Å²) in [6, 6.07) is 10.8. The van der Waals surface area contributed by atoms with Crippen molar-refractivity contribution in [2.75, 3.05) is 50.6 Å². The molecule has 1 aliphatic heterocycles. The number of hydrogen-bond acceptors (Lipinski definition) is 8. The third kappa shape index (κ3) is 4.61. The lowest BCUT2D eigenvalue weighted by Crippen LogP contribution is -2.44. The SMILES string of the molecule is COc1cnc(Nc2ccc(N3CCN(C)CC3)cc2)nc1-c1cnn(CC2(C#N)CC2)c1. The molecule has 0 amide bonds. The van der Waals surface area contributed by atoms with E-state index in [4.69, 9.17) is 9.72 Å². The first-order valence-corrected chi connectivity index (χ1v) is 11.2. The smallest absolute Gasteiger partial charge is 0.227 e. The number of hydrogen-bond donors (Lipinski definition) is 1. The Morgan fingerprint density at radius 3 is 2.55 bits per heavy atom. The van der Waals surface area contributed by atoms with Gasteiger partial charge in [0.05, 0.1) is 37.5 Å². The first kappa shape index (κ1) is 21.2. The molecular formula is C24H28N8O. The number of likely N-dealkylation sites (N-methyl/N-ethyl adjacent to an activating group) is 1. The van der Waals surface area contributed by atoms with E-state index in [0.29, 0.717) is 23.9 Å². The van der Waals surface area contributed by atoms with Crippen LogP contribution in [0.15, 0.2) is 42.9 Å². The quantitative estimate of drug-likeness (QED) is 0.594. The number of anilines is 3. The van der Waals surface area contributed by atoms with E-state index in [1.165, 1.54) is 5.69 Å². The van der Waals surface area contributed by atoms with Crippen molar-refractivity contribution < 1.29 is 4.74 Å². The largest absolute Gasteiger partial charge is 0.493 e. The van der Waals surface area contributed by atoms with Crippen LogP contribution in [0.4, 0.5) is 17.3 Å². The van der Waals surface area contributed by atoms with Gasteiger partial charge >= 0.3 is 0 Å². The summed E-state index contributed by atoms with van der Waals surface area (Å²) in [5, 5.41) is 17.1. The van der Waals surface area contributed by atoms with Gasteiger partial charge in [-0.05, 0) is 44.2 Å². The summed E-state index contributed by atoms with van der Waals surface area (Å²) in [5.74, 6) is 1.06. The Balaban J connectivity index is 1.31. The second-order valence-corrected chi connectivity index (χ2v) is 8.89. The van der Waals surface area contributed by atoms with Gasteiger partial charge in [0.15, 0.2) is 5.75 Å². The minimum atomic E-state index is -0.262. The average molecular weight is 445 g/mol. The number of methoxy groups -OCH3 is 1. The van der Waals surface area contributed by atoms with E-state index in [1.54, 1.807) is 19.5 Å². The molecule has 2 aromatic heterocycles. The predicted octanol–water partition coefficient (Wildman–Crippen LogP) is 3.15. The molecule has 1 saturated heterocycles. The second kappa shape index (κ2) is 8.71. The Labute approximate surface area is 193 Å². The lowest BCUT2D eigenvalue weighted by Gasteiger charge is -2.34. The highest BCUT2D eigenvalue weighted by atomic mass is 16.5. The van der Waals surface area contributed by atoms with E-state index in [9.17, 15) is 5.26 Å². The van der Waals surface area contributed by atoms with Crippen LogP contribution in [0, 0.1) is 16.7 Å². The summed E-state index contributed by atoms with van der Waals surface area (Å²) in [4.78, 5) is 13.9. The molecule has 1 aliphatic carbocycles.